The molecule has 0 aliphatic rings. The molecule has 16 heavy (non-hydrogen) atoms. The van der Waals surface area contributed by atoms with Crippen LogP contribution >= 0.6 is 11.6 Å². The number of nitrogens with one attached hydrogen (secondary N) is 1. The van der Waals surface area contributed by atoms with Crippen LogP contribution in [0.2, 0.25) is 5.15 Å². The zero-order valence-corrected chi connectivity index (χ0v) is 10.2. The molecule has 0 radical (unpaired) electrons. The Morgan fingerprint density at radius 3 is 2.88 bits per heavy atom. The standard InChI is InChI=1S/C11H16ClN3O/c1-11(2,13)6-5-9(16)15-8-4-3-7-14-10(8)12/h3-4,7H,5-6,13H2,1-2H3,(H,15,16). The average Bonchev–Trinajstić information content (AvgIpc) is 2.18. The highest BCUT2D eigenvalue weighted by atomic mass is 35.5. The molecule has 0 saturated carbocycles. The summed E-state index contributed by atoms with van der Waals surface area (Å²) in [6, 6.07) is 3.43. The molecule has 1 rings (SSSR count). The van der Waals surface area contributed by atoms with Crippen LogP contribution in [0.15, 0.2) is 18.3 Å². The van der Waals surface area contributed by atoms with Crippen molar-refractivity contribution in [3.8, 4) is 0 Å². The van der Waals surface area contributed by atoms with E-state index in [0.29, 0.717) is 23.7 Å². The van der Waals surface area contributed by atoms with Gasteiger partial charge in [0.15, 0.2) is 5.15 Å². The molecule has 0 spiro atoms. The maximum atomic E-state index is 11.6. The first-order valence-corrected chi connectivity index (χ1v) is 5.45. The molecular formula is C11H16ClN3O. The summed E-state index contributed by atoms with van der Waals surface area (Å²) in [7, 11) is 0. The Morgan fingerprint density at radius 1 is 1.62 bits per heavy atom. The minimum absolute atomic E-state index is 0.103. The van der Waals surface area contributed by atoms with Crippen molar-refractivity contribution in [2.75, 3.05) is 5.32 Å². The van der Waals surface area contributed by atoms with Crippen LogP contribution in [0.1, 0.15) is 26.7 Å². The van der Waals surface area contributed by atoms with Gasteiger partial charge in [-0.2, -0.15) is 0 Å². The lowest BCUT2D eigenvalue weighted by Gasteiger charge is -2.17. The lowest BCUT2D eigenvalue weighted by Crippen LogP contribution is -2.33. The summed E-state index contributed by atoms with van der Waals surface area (Å²) in [4.78, 5) is 15.4. The fourth-order valence-electron chi connectivity index (χ4n) is 1.13. The number of carbonyl (C=O) groups excluding carboxylic acids is 1. The average molecular weight is 242 g/mol. The van der Waals surface area contributed by atoms with E-state index >= 15 is 0 Å². The van der Waals surface area contributed by atoms with E-state index in [1.807, 2.05) is 13.8 Å². The number of nitrogens with zero attached hydrogens (tertiary/aromatic N) is 1. The molecule has 4 nitrogen and oxygen atoms in total. The normalized spacial score (nSPS) is 11.2. The second-order valence-electron chi connectivity index (χ2n) is 4.38. The third-order valence-electron chi connectivity index (χ3n) is 2.03. The van der Waals surface area contributed by atoms with Gasteiger partial charge in [-0.05, 0) is 32.4 Å². The lowest BCUT2D eigenvalue weighted by molar-refractivity contribution is -0.116. The fraction of sp³-hybridized carbons (Fsp3) is 0.455. The Balaban J connectivity index is 2.50. The zero-order valence-electron chi connectivity index (χ0n) is 9.46. The fourth-order valence-corrected chi connectivity index (χ4v) is 1.29. The molecule has 88 valence electrons. The Hall–Kier alpha value is -1.13. The zero-order chi connectivity index (χ0) is 12.2. The monoisotopic (exact) mass is 241 g/mol. The van der Waals surface area contributed by atoms with E-state index < -0.39 is 0 Å². The number of halogens is 1. The highest BCUT2D eigenvalue weighted by Gasteiger charge is 2.13. The molecule has 1 amide bonds. The first-order valence-electron chi connectivity index (χ1n) is 5.08. The van der Waals surface area contributed by atoms with Crippen LogP contribution in [-0.2, 0) is 4.79 Å². The molecule has 1 aromatic heterocycles. The van der Waals surface area contributed by atoms with Crippen LogP contribution in [-0.4, -0.2) is 16.4 Å². The van der Waals surface area contributed by atoms with Gasteiger partial charge in [-0.1, -0.05) is 11.6 Å². The van der Waals surface area contributed by atoms with Gasteiger partial charge in [0.25, 0.3) is 0 Å². The molecule has 0 atom stereocenters. The van der Waals surface area contributed by atoms with Crippen molar-refractivity contribution in [3.05, 3.63) is 23.5 Å². The summed E-state index contributed by atoms with van der Waals surface area (Å²) in [5.41, 5.74) is 5.98. The summed E-state index contributed by atoms with van der Waals surface area (Å²) in [5.74, 6) is -0.103. The van der Waals surface area contributed by atoms with Crippen molar-refractivity contribution in [2.24, 2.45) is 5.73 Å². The molecule has 0 bridgehead atoms. The topological polar surface area (TPSA) is 68.0 Å². The predicted octanol–water partition coefficient (Wildman–Crippen LogP) is 2.19. The van der Waals surface area contributed by atoms with Crippen molar-refractivity contribution in [1.29, 1.82) is 0 Å². The summed E-state index contributed by atoms with van der Waals surface area (Å²) < 4.78 is 0. The predicted molar refractivity (Wildman–Crippen MR) is 65.4 cm³/mol. The number of amides is 1. The molecule has 0 aliphatic heterocycles. The second kappa shape index (κ2) is 5.27. The molecule has 0 fully saturated rings. The van der Waals surface area contributed by atoms with Crippen LogP contribution in [0.3, 0.4) is 0 Å². The molecule has 0 aliphatic carbocycles. The molecule has 0 saturated heterocycles. The maximum absolute atomic E-state index is 11.6. The molecule has 5 heteroatoms. The van der Waals surface area contributed by atoms with Gasteiger partial charge in [0, 0.05) is 18.2 Å². The van der Waals surface area contributed by atoms with E-state index in [4.69, 9.17) is 17.3 Å². The van der Waals surface area contributed by atoms with E-state index in [2.05, 4.69) is 10.3 Å². The number of aromatic nitrogens is 1. The third-order valence-corrected chi connectivity index (χ3v) is 2.33. The van der Waals surface area contributed by atoms with E-state index in [1.165, 1.54) is 0 Å². The first kappa shape index (κ1) is 12.9. The highest BCUT2D eigenvalue weighted by Crippen LogP contribution is 2.18. The highest BCUT2D eigenvalue weighted by molar-refractivity contribution is 6.32. The number of rotatable bonds is 4. The van der Waals surface area contributed by atoms with Gasteiger partial charge in [0.2, 0.25) is 5.91 Å². The van der Waals surface area contributed by atoms with Crippen LogP contribution in [0, 0.1) is 0 Å². The number of hydrogen-bond donors (Lipinski definition) is 2. The van der Waals surface area contributed by atoms with E-state index in [9.17, 15) is 4.79 Å². The van der Waals surface area contributed by atoms with Gasteiger partial charge in [-0.25, -0.2) is 4.98 Å². The molecule has 0 aromatic carbocycles. The van der Waals surface area contributed by atoms with Gasteiger partial charge < -0.3 is 11.1 Å². The number of hydrogen-bond acceptors (Lipinski definition) is 3. The first-order chi connectivity index (χ1) is 7.38. The van der Waals surface area contributed by atoms with Crippen LogP contribution < -0.4 is 11.1 Å². The van der Waals surface area contributed by atoms with Gasteiger partial charge in [0.05, 0.1) is 5.69 Å². The van der Waals surface area contributed by atoms with Crippen molar-refractivity contribution >= 4 is 23.2 Å². The Bertz CT molecular complexity index is 374. The molecule has 0 unspecified atom stereocenters. The summed E-state index contributed by atoms with van der Waals surface area (Å²) >= 11 is 5.81. The quantitative estimate of drug-likeness (QED) is 0.794. The van der Waals surface area contributed by atoms with Crippen molar-refractivity contribution in [1.82, 2.24) is 4.98 Å². The van der Waals surface area contributed by atoms with Crippen LogP contribution in [0.5, 0.6) is 0 Å². The van der Waals surface area contributed by atoms with Gasteiger partial charge in [0.1, 0.15) is 0 Å². The number of nitrogens with two attached hydrogens (primary N) is 1. The van der Waals surface area contributed by atoms with Crippen LogP contribution in [0.4, 0.5) is 5.69 Å². The SMILES string of the molecule is CC(C)(N)CCC(=O)Nc1cccnc1Cl. The summed E-state index contributed by atoms with van der Waals surface area (Å²) in [5, 5.41) is 2.99. The third kappa shape index (κ3) is 4.59. The Labute approximate surface area is 100 Å². The number of carbonyl (C=O) groups is 1. The molecule has 1 heterocycles. The Kier molecular flexibility index (Phi) is 4.26. The molecule has 1 aromatic rings. The minimum atomic E-state index is -0.337. The van der Waals surface area contributed by atoms with Gasteiger partial charge >= 0.3 is 0 Å². The van der Waals surface area contributed by atoms with Crippen LogP contribution in [0.25, 0.3) is 0 Å². The summed E-state index contributed by atoms with van der Waals surface area (Å²) in [6.07, 6.45) is 2.56. The minimum Gasteiger partial charge on any atom is -0.326 e. The van der Waals surface area contributed by atoms with Gasteiger partial charge in [-0.15, -0.1) is 0 Å². The second-order valence-corrected chi connectivity index (χ2v) is 4.74. The van der Waals surface area contributed by atoms with Crippen molar-refractivity contribution < 1.29 is 4.79 Å². The van der Waals surface area contributed by atoms with Crippen molar-refractivity contribution in [2.45, 2.75) is 32.2 Å². The molecular weight excluding hydrogens is 226 g/mol. The largest absolute Gasteiger partial charge is 0.326 e. The Morgan fingerprint density at radius 2 is 2.31 bits per heavy atom. The smallest absolute Gasteiger partial charge is 0.224 e. The number of pyridine rings is 1. The number of anilines is 1. The maximum Gasteiger partial charge on any atom is 0.224 e. The van der Waals surface area contributed by atoms with Gasteiger partial charge in [-0.3, -0.25) is 4.79 Å². The van der Waals surface area contributed by atoms with E-state index in [1.54, 1.807) is 18.3 Å². The van der Waals surface area contributed by atoms with E-state index in [0.717, 1.165) is 0 Å². The lowest BCUT2D eigenvalue weighted by atomic mass is 10.00. The molecule has 3 N–H and O–H groups in total. The van der Waals surface area contributed by atoms with Crippen molar-refractivity contribution in [3.63, 3.8) is 0 Å². The summed E-state index contributed by atoms with van der Waals surface area (Å²) in [6.45, 7) is 3.77. The van der Waals surface area contributed by atoms with E-state index in [-0.39, 0.29) is 11.4 Å².